The summed E-state index contributed by atoms with van der Waals surface area (Å²) in [4.78, 5) is 13.8. The fourth-order valence-electron chi connectivity index (χ4n) is 1.45. The summed E-state index contributed by atoms with van der Waals surface area (Å²) in [6.07, 6.45) is 0. The zero-order valence-electron chi connectivity index (χ0n) is 11.2. The van der Waals surface area contributed by atoms with Crippen LogP contribution in [-0.2, 0) is 9.47 Å². The molecule has 0 atom stereocenters. The van der Waals surface area contributed by atoms with Gasteiger partial charge >= 0.3 is 6.03 Å². The van der Waals surface area contributed by atoms with Crippen LogP contribution >= 0.6 is 15.9 Å². The van der Waals surface area contributed by atoms with Crippen LogP contribution in [0.3, 0.4) is 0 Å². The first-order valence-electron chi connectivity index (χ1n) is 5.96. The van der Waals surface area contributed by atoms with Crippen molar-refractivity contribution in [3.8, 4) is 0 Å². The van der Waals surface area contributed by atoms with Crippen LogP contribution in [0.5, 0.6) is 0 Å². The van der Waals surface area contributed by atoms with Gasteiger partial charge in [-0.2, -0.15) is 0 Å². The number of nitrogens with one attached hydrogen (secondary N) is 1. The molecule has 0 bridgehead atoms. The maximum absolute atomic E-state index is 12.1. The van der Waals surface area contributed by atoms with Crippen molar-refractivity contribution in [2.75, 3.05) is 45.8 Å². The van der Waals surface area contributed by atoms with E-state index in [1.807, 2.05) is 24.3 Å². The number of benzene rings is 1. The van der Waals surface area contributed by atoms with Crippen molar-refractivity contribution in [3.05, 3.63) is 28.7 Å². The van der Waals surface area contributed by atoms with Crippen molar-refractivity contribution >= 4 is 27.6 Å². The second-order valence-electron chi connectivity index (χ2n) is 3.91. The molecule has 0 fully saturated rings. The molecule has 0 aliphatic carbocycles. The summed E-state index contributed by atoms with van der Waals surface area (Å²) in [7, 11) is 3.22. The monoisotopic (exact) mass is 330 g/mol. The standard InChI is InChI=1S/C13H19BrN2O3/c1-18-9-7-16(8-10-19-2)13(17)15-12-5-3-11(14)4-6-12/h3-6H,7-10H2,1-2H3,(H,15,17). The van der Waals surface area contributed by atoms with Gasteiger partial charge in [-0.05, 0) is 24.3 Å². The first kappa shape index (κ1) is 15.9. The average Bonchev–Trinajstić information content (AvgIpc) is 2.41. The van der Waals surface area contributed by atoms with E-state index in [-0.39, 0.29) is 6.03 Å². The lowest BCUT2D eigenvalue weighted by molar-refractivity contribution is 0.127. The Balaban J connectivity index is 2.56. The molecule has 0 aromatic heterocycles. The zero-order chi connectivity index (χ0) is 14.1. The van der Waals surface area contributed by atoms with Crippen LogP contribution in [0.15, 0.2) is 28.7 Å². The smallest absolute Gasteiger partial charge is 0.321 e. The summed E-state index contributed by atoms with van der Waals surface area (Å²) in [6, 6.07) is 7.28. The Labute approximate surface area is 122 Å². The molecule has 1 aromatic carbocycles. The largest absolute Gasteiger partial charge is 0.383 e. The number of nitrogens with zero attached hydrogens (tertiary/aromatic N) is 1. The zero-order valence-corrected chi connectivity index (χ0v) is 12.8. The number of carbonyl (C=O) groups excluding carboxylic acids is 1. The van der Waals surface area contributed by atoms with Crippen molar-refractivity contribution in [1.29, 1.82) is 0 Å². The fourth-order valence-corrected chi connectivity index (χ4v) is 1.72. The first-order chi connectivity index (χ1) is 9.17. The number of hydrogen-bond donors (Lipinski definition) is 1. The fraction of sp³-hybridized carbons (Fsp3) is 0.462. The van der Waals surface area contributed by atoms with Gasteiger partial charge in [0.25, 0.3) is 0 Å². The van der Waals surface area contributed by atoms with E-state index in [9.17, 15) is 4.79 Å². The van der Waals surface area contributed by atoms with E-state index >= 15 is 0 Å². The lowest BCUT2D eigenvalue weighted by atomic mass is 10.3. The molecule has 0 unspecified atom stereocenters. The summed E-state index contributed by atoms with van der Waals surface area (Å²) in [5.41, 5.74) is 0.757. The highest BCUT2D eigenvalue weighted by molar-refractivity contribution is 9.10. The number of urea groups is 1. The Morgan fingerprint density at radius 3 is 2.16 bits per heavy atom. The molecule has 6 heteroatoms. The number of halogens is 1. The molecule has 0 heterocycles. The summed E-state index contributed by atoms with van der Waals surface area (Å²) >= 11 is 3.35. The topological polar surface area (TPSA) is 50.8 Å². The maximum Gasteiger partial charge on any atom is 0.321 e. The Kier molecular flexibility index (Phi) is 7.47. The minimum atomic E-state index is -0.156. The molecule has 0 aliphatic heterocycles. The summed E-state index contributed by atoms with van der Waals surface area (Å²) in [5.74, 6) is 0. The van der Waals surface area contributed by atoms with Gasteiger partial charge in [-0.25, -0.2) is 4.79 Å². The number of amides is 2. The quantitative estimate of drug-likeness (QED) is 0.835. The van der Waals surface area contributed by atoms with Crippen molar-refractivity contribution in [2.45, 2.75) is 0 Å². The van der Waals surface area contributed by atoms with Crippen LogP contribution in [0.1, 0.15) is 0 Å². The van der Waals surface area contributed by atoms with Crippen LogP contribution in [-0.4, -0.2) is 51.5 Å². The van der Waals surface area contributed by atoms with Gasteiger partial charge in [0.2, 0.25) is 0 Å². The van der Waals surface area contributed by atoms with E-state index in [4.69, 9.17) is 9.47 Å². The van der Waals surface area contributed by atoms with Crippen LogP contribution in [0.2, 0.25) is 0 Å². The van der Waals surface area contributed by atoms with Gasteiger partial charge in [0.15, 0.2) is 0 Å². The van der Waals surface area contributed by atoms with Crippen molar-refractivity contribution in [2.24, 2.45) is 0 Å². The molecule has 0 saturated carbocycles. The minimum absolute atomic E-state index is 0.156. The first-order valence-corrected chi connectivity index (χ1v) is 6.76. The third kappa shape index (κ3) is 6.04. The van der Waals surface area contributed by atoms with Gasteiger partial charge in [-0.3, -0.25) is 0 Å². The summed E-state index contributed by atoms with van der Waals surface area (Å²) < 4.78 is 11.0. The SMILES string of the molecule is COCCN(CCOC)C(=O)Nc1ccc(Br)cc1. The van der Waals surface area contributed by atoms with E-state index in [0.717, 1.165) is 10.2 Å². The Morgan fingerprint density at radius 2 is 1.68 bits per heavy atom. The number of ether oxygens (including phenoxy) is 2. The molecular formula is C13H19BrN2O3. The summed E-state index contributed by atoms with van der Waals surface area (Å²) in [6.45, 7) is 2.05. The van der Waals surface area contributed by atoms with Gasteiger partial charge < -0.3 is 19.7 Å². The molecule has 0 radical (unpaired) electrons. The molecule has 2 amide bonds. The third-order valence-corrected chi connectivity index (χ3v) is 3.04. The summed E-state index contributed by atoms with van der Waals surface area (Å²) in [5, 5.41) is 2.84. The molecule has 19 heavy (non-hydrogen) atoms. The molecule has 1 aromatic rings. The van der Waals surface area contributed by atoms with Crippen LogP contribution in [0.25, 0.3) is 0 Å². The predicted molar refractivity (Wildman–Crippen MR) is 78.5 cm³/mol. The van der Waals surface area contributed by atoms with Gasteiger partial charge in [-0.15, -0.1) is 0 Å². The Hall–Kier alpha value is -1.11. The second-order valence-corrected chi connectivity index (χ2v) is 4.83. The minimum Gasteiger partial charge on any atom is -0.383 e. The number of hydrogen-bond acceptors (Lipinski definition) is 3. The lowest BCUT2D eigenvalue weighted by Crippen LogP contribution is -2.39. The van der Waals surface area contributed by atoms with Gasteiger partial charge in [-0.1, -0.05) is 15.9 Å². The van der Waals surface area contributed by atoms with Gasteiger partial charge in [0.05, 0.1) is 13.2 Å². The highest BCUT2D eigenvalue weighted by atomic mass is 79.9. The normalized spacial score (nSPS) is 10.3. The third-order valence-electron chi connectivity index (χ3n) is 2.51. The highest BCUT2D eigenvalue weighted by Gasteiger charge is 2.12. The molecule has 106 valence electrons. The number of rotatable bonds is 7. The van der Waals surface area contributed by atoms with E-state index in [1.165, 1.54) is 0 Å². The molecule has 0 aliphatic rings. The molecule has 0 spiro atoms. The van der Waals surface area contributed by atoms with Crippen molar-refractivity contribution in [3.63, 3.8) is 0 Å². The van der Waals surface area contributed by atoms with Crippen molar-refractivity contribution < 1.29 is 14.3 Å². The van der Waals surface area contributed by atoms with Crippen LogP contribution in [0, 0.1) is 0 Å². The van der Waals surface area contributed by atoms with E-state index in [2.05, 4.69) is 21.2 Å². The molecule has 1 N–H and O–H groups in total. The van der Waals surface area contributed by atoms with Gasteiger partial charge in [0, 0.05) is 37.5 Å². The Morgan fingerprint density at radius 1 is 1.16 bits per heavy atom. The molecule has 5 nitrogen and oxygen atoms in total. The van der Waals surface area contributed by atoms with E-state index in [1.54, 1.807) is 19.1 Å². The highest BCUT2D eigenvalue weighted by Crippen LogP contribution is 2.14. The van der Waals surface area contributed by atoms with Crippen LogP contribution < -0.4 is 5.32 Å². The van der Waals surface area contributed by atoms with E-state index in [0.29, 0.717) is 26.3 Å². The Bertz CT molecular complexity index is 376. The van der Waals surface area contributed by atoms with E-state index < -0.39 is 0 Å². The number of carbonyl (C=O) groups is 1. The molecule has 0 saturated heterocycles. The second kappa shape index (κ2) is 8.90. The maximum atomic E-state index is 12.1. The molecule has 1 rings (SSSR count). The predicted octanol–water partition coefficient (Wildman–Crippen LogP) is 2.58. The number of methoxy groups -OCH3 is 2. The van der Waals surface area contributed by atoms with Gasteiger partial charge in [0.1, 0.15) is 0 Å². The average molecular weight is 331 g/mol. The molecular weight excluding hydrogens is 312 g/mol. The number of anilines is 1. The lowest BCUT2D eigenvalue weighted by Gasteiger charge is -2.22. The van der Waals surface area contributed by atoms with Crippen LogP contribution in [0.4, 0.5) is 10.5 Å². The van der Waals surface area contributed by atoms with Crippen molar-refractivity contribution in [1.82, 2.24) is 4.90 Å².